The van der Waals surface area contributed by atoms with Crippen LogP contribution in [0.15, 0.2) is 30.3 Å². The standard InChI is InChI=1S/C13H14O2/c1-2-6-12(7-3-1)8-4-5-9-13-14-10-11-15-13/h1-3,6-7,13H,5,9-11H2. The molecule has 15 heavy (non-hydrogen) atoms. The highest BCUT2D eigenvalue weighted by atomic mass is 16.7. The van der Waals surface area contributed by atoms with Crippen LogP contribution in [0.25, 0.3) is 0 Å². The smallest absolute Gasteiger partial charge is 0.158 e. The quantitative estimate of drug-likeness (QED) is 0.684. The van der Waals surface area contributed by atoms with Crippen LogP contribution in [0.1, 0.15) is 18.4 Å². The Balaban J connectivity index is 1.75. The van der Waals surface area contributed by atoms with Gasteiger partial charge in [0.15, 0.2) is 6.29 Å². The predicted octanol–water partition coefficient (Wildman–Crippen LogP) is 2.19. The summed E-state index contributed by atoms with van der Waals surface area (Å²) < 4.78 is 10.6. The molecule has 1 fully saturated rings. The summed E-state index contributed by atoms with van der Waals surface area (Å²) in [4.78, 5) is 0. The van der Waals surface area contributed by atoms with Crippen LogP contribution in [0.5, 0.6) is 0 Å². The van der Waals surface area contributed by atoms with Crippen molar-refractivity contribution < 1.29 is 9.47 Å². The van der Waals surface area contributed by atoms with E-state index in [0.29, 0.717) is 0 Å². The molecule has 0 amide bonds. The Morgan fingerprint density at radius 2 is 1.87 bits per heavy atom. The molecule has 1 aliphatic heterocycles. The molecule has 1 aromatic rings. The van der Waals surface area contributed by atoms with Crippen LogP contribution in [0.3, 0.4) is 0 Å². The molecule has 0 unspecified atom stereocenters. The van der Waals surface area contributed by atoms with Gasteiger partial charge in [0.2, 0.25) is 0 Å². The molecule has 1 heterocycles. The maximum absolute atomic E-state index is 5.32. The maximum Gasteiger partial charge on any atom is 0.158 e. The van der Waals surface area contributed by atoms with Gasteiger partial charge in [0.05, 0.1) is 13.2 Å². The Morgan fingerprint density at radius 1 is 1.13 bits per heavy atom. The Hall–Kier alpha value is -1.30. The minimum absolute atomic E-state index is 0.0323. The van der Waals surface area contributed by atoms with Crippen LogP contribution in [-0.2, 0) is 9.47 Å². The molecule has 0 N–H and O–H groups in total. The van der Waals surface area contributed by atoms with E-state index in [1.807, 2.05) is 30.3 Å². The molecule has 1 aromatic carbocycles. The van der Waals surface area contributed by atoms with E-state index in [0.717, 1.165) is 31.6 Å². The average molecular weight is 202 g/mol. The van der Waals surface area contributed by atoms with E-state index >= 15 is 0 Å². The lowest BCUT2D eigenvalue weighted by molar-refractivity contribution is -0.0453. The normalized spacial score (nSPS) is 16.0. The summed E-state index contributed by atoms with van der Waals surface area (Å²) >= 11 is 0. The predicted molar refractivity (Wildman–Crippen MR) is 58.2 cm³/mol. The topological polar surface area (TPSA) is 18.5 Å². The second kappa shape index (κ2) is 5.55. The number of rotatable bonds is 2. The first kappa shape index (κ1) is 10.2. The van der Waals surface area contributed by atoms with Gasteiger partial charge in [-0.1, -0.05) is 30.0 Å². The van der Waals surface area contributed by atoms with Crippen LogP contribution in [-0.4, -0.2) is 19.5 Å². The van der Waals surface area contributed by atoms with Gasteiger partial charge in [-0.05, 0) is 12.1 Å². The minimum Gasteiger partial charge on any atom is -0.350 e. The van der Waals surface area contributed by atoms with Crippen molar-refractivity contribution in [1.29, 1.82) is 0 Å². The highest BCUT2D eigenvalue weighted by molar-refractivity contribution is 5.33. The third kappa shape index (κ3) is 3.39. The summed E-state index contributed by atoms with van der Waals surface area (Å²) in [6.45, 7) is 1.44. The van der Waals surface area contributed by atoms with Gasteiger partial charge in [0.1, 0.15) is 0 Å². The Bertz CT molecular complexity index is 342. The molecule has 1 aliphatic rings. The average Bonchev–Trinajstić information content (AvgIpc) is 2.79. The SMILES string of the molecule is C(#Cc1ccccc1)CCC1OCCO1. The van der Waals surface area contributed by atoms with Gasteiger partial charge in [-0.15, -0.1) is 0 Å². The molecule has 0 spiro atoms. The molecular formula is C13H14O2. The van der Waals surface area contributed by atoms with Crippen molar-refractivity contribution in [2.24, 2.45) is 0 Å². The lowest BCUT2D eigenvalue weighted by atomic mass is 10.2. The van der Waals surface area contributed by atoms with Crippen LogP contribution >= 0.6 is 0 Å². The second-order valence-electron chi connectivity index (χ2n) is 3.38. The zero-order valence-corrected chi connectivity index (χ0v) is 8.61. The van der Waals surface area contributed by atoms with Crippen molar-refractivity contribution in [3.05, 3.63) is 35.9 Å². The van der Waals surface area contributed by atoms with E-state index in [9.17, 15) is 0 Å². The summed E-state index contributed by atoms with van der Waals surface area (Å²) in [7, 11) is 0. The van der Waals surface area contributed by atoms with Gasteiger partial charge in [-0.3, -0.25) is 0 Å². The Kier molecular flexibility index (Phi) is 3.78. The van der Waals surface area contributed by atoms with Gasteiger partial charge >= 0.3 is 0 Å². The van der Waals surface area contributed by atoms with Crippen molar-refractivity contribution in [2.45, 2.75) is 19.1 Å². The molecule has 0 radical (unpaired) electrons. The summed E-state index contributed by atoms with van der Waals surface area (Å²) in [5, 5.41) is 0. The summed E-state index contributed by atoms with van der Waals surface area (Å²) in [5.74, 6) is 6.23. The van der Waals surface area contributed by atoms with Crippen molar-refractivity contribution in [3.8, 4) is 11.8 Å². The summed E-state index contributed by atoms with van der Waals surface area (Å²) in [5.41, 5.74) is 1.06. The first-order valence-corrected chi connectivity index (χ1v) is 5.22. The molecule has 78 valence electrons. The summed E-state index contributed by atoms with van der Waals surface area (Å²) in [6, 6.07) is 10.00. The van der Waals surface area contributed by atoms with Crippen molar-refractivity contribution in [2.75, 3.05) is 13.2 Å². The first-order chi connectivity index (χ1) is 7.45. The zero-order chi connectivity index (χ0) is 10.3. The number of hydrogen-bond acceptors (Lipinski definition) is 2. The van der Waals surface area contributed by atoms with Crippen LogP contribution < -0.4 is 0 Å². The fourth-order valence-corrected chi connectivity index (χ4v) is 1.45. The number of hydrogen-bond donors (Lipinski definition) is 0. The van der Waals surface area contributed by atoms with Gasteiger partial charge in [-0.2, -0.15) is 0 Å². The van der Waals surface area contributed by atoms with Gasteiger partial charge < -0.3 is 9.47 Å². The second-order valence-corrected chi connectivity index (χ2v) is 3.38. The largest absolute Gasteiger partial charge is 0.350 e. The van der Waals surface area contributed by atoms with E-state index in [1.165, 1.54) is 0 Å². The number of benzene rings is 1. The lowest BCUT2D eigenvalue weighted by Crippen LogP contribution is -2.05. The van der Waals surface area contributed by atoms with Crippen LogP contribution in [0.4, 0.5) is 0 Å². The van der Waals surface area contributed by atoms with Gasteiger partial charge in [0, 0.05) is 18.4 Å². The third-order valence-electron chi connectivity index (χ3n) is 2.20. The molecule has 0 bridgehead atoms. The Labute approximate surface area is 90.2 Å². The first-order valence-electron chi connectivity index (χ1n) is 5.22. The van der Waals surface area contributed by atoms with Crippen LogP contribution in [0.2, 0.25) is 0 Å². The zero-order valence-electron chi connectivity index (χ0n) is 8.61. The van der Waals surface area contributed by atoms with Crippen LogP contribution in [0, 0.1) is 11.8 Å². The Morgan fingerprint density at radius 3 is 2.60 bits per heavy atom. The molecule has 0 aromatic heterocycles. The molecule has 0 atom stereocenters. The van der Waals surface area contributed by atoms with Gasteiger partial charge in [0.25, 0.3) is 0 Å². The van der Waals surface area contributed by atoms with E-state index < -0.39 is 0 Å². The van der Waals surface area contributed by atoms with Crippen molar-refractivity contribution in [3.63, 3.8) is 0 Å². The molecule has 2 rings (SSSR count). The third-order valence-corrected chi connectivity index (χ3v) is 2.20. The fraction of sp³-hybridized carbons (Fsp3) is 0.385. The maximum atomic E-state index is 5.32. The van der Waals surface area contributed by atoms with E-state index in [1.54, 1.807) is 0 Å². The fourth-order valence-electron chi connectivity index (χ4n) is 1.45. The minimum atomic E-state index is -0.0323. The highest BCUT2D eigenvalue weighted by Gasteiger charge is 2.13. The summed E-state index contributed by atoms with van der Waals surface area (Å²) in [6.07, 6.45) is 1.65. The molecule has 0 aliphatic carbocycles. The molecule has 2 nitrogen and oxygen atoms in total. The highest BCUT2D eigenvalue weighted by Crippen LogP contribution is 2.09. The van der Waals surface area contributed by atoms with Gasteiger partial charge in [-0.25, -0.2) is 0 Å². The molecule has 0 saturated carbocycles. The number of ether oxygens (including phenoxy) is 2. The van der Waals surface area contributed by atoms with E-state index in [2.05, 4.69) is 11.8 Å². The monoisotopic (exact) mass is 202 g/mol. The molecule has 1 saturated heterocycles. The van der Waals surface area contributed by atoms with E-state index in [4.69, 9.17) is 9.47 Å². The molecular weight excluding hydrogens is 188 g/mol. The lowest BCUT2D eigenvalue weighted by Gasteiger charge is -2.04. The molecule has 2 heteroatoms. The van der Waals surface area contributed by atoms with Crippen molar-refractivity contribution >= 4 is 0 Å². The van der Waals surface area contributed by atoms with Crippen molar-refractivity contribution in [1.82, 2.24) is 0 Å². The van der Waals surface area contributed by atoms with E-state index in [-0.39, 0.29) is 6.29 Å².